The number of carbonyl (C=O) groups is 1. The maximum absolute atomic E-state index is 12.1. The van der Waals surface area contributed by atoms with Crippen molar-refractivity contribution < 1.29 is 18.3 Å². The predicted molar refractivity (Wildman–Crippen MR) is 75.3 cm³/mol. The predicted octanol–water partition coefficient (Wildman–Crippen LogP) is -0.270. The van der Waals surface area contributed by atoms with Crippen LogP contribution in [-0.4, -0.2) is 60.4 Å². The van der Waals surface area contributed by atoms with Crippen LogP contribution in [0.15, 0.2) is 17.3 Å². The Bertz CT molecular complexity index is 598. The van der Waals surface area contributed by atoms with Gasteiger partial charge in [-0.25, -0.2) is 13.1 Å². The van der Waals surface area contributed by atoms with Crippen LogP contribution in [0.3, 0.4) is 0 Å². The Morgan fingerprint density at radius 2 is 2.33 bits per heavy atom. The Morgan fingerprint density at radius 1 is 1.57 bits per heavy atom. The van der Waals surface area contributed by atoms with E-state index in [9.17, 15) is 13.2 Å². The van der Waals surface area contributed by atoms with Crippen LogP contribution in [0, 0.1) is 0 Å². The largest absolute Gasteiger partial charge is 0.481 e. The molecule has 118 valence electrons. The van der Waals surface area contributed by atoms with Gasteiger partial charge in [-0.2, -0.15) is 5.10 Å². The molecule has 21 heavy (non-hydrogen) atoms. The minimum absolute atomic E-state index is 0.0635. The lowest BCUT2D eigenvalue weighted by Crippen LogP contribution is -2.38. The Balaban J connectivity index is 1.94. The molecule has 1 unspecified atom stereocenters. The molecule has 1 aliphatic rings. The van der Waals surface area contributed by atoms with Gasteiger partial charge >= 0.3 is 5.97 Å². The molecule has 2 N–H and O–H groups in total. The summed E-state index contributed by atoms with van der Waals surface area (Å²) in [6.07, 6.45) is 4.56. The van der Waals surface area contributed by atoms with E-state index in [-0.39, 0.29) is 23.9 Å². The smallest absolute Gasteiger partial charge is 0.305 e. The lowest BCUT2D eigenvalue weighted by Gasteiger charge is -2.19. The molecule has 8 nitrogen and oxygen atoms in total. The van der Waals surface area contributed by atoms with E-state index in [0.717, 1.165) is 19.4 Å². The van der Waals surface area contributed by atoms with Gasteiger partial charge in [0, 0.05) is 18.8 Å². The topological polar surface area (TPSA) is 105 Å². The van der Waals surface area contributed by atoms with E-state index in [4.69, 9.17) is 5.11 Å². The van der Waals surface area contributed by atoms with Crippen LogP contribution >= 0.6 is 0 Å². The number of rotatable bonds is 7. The third-order valence-electron chi connectivity index (χ3n) is 3.66. The van der Waals surface area contributed by atoms with Crippen molar-refractivity contribution in [2.45, 2.75) is 36.7 Å². The van der Waals surface area contributed by atoms with Gasteiger partial charge in [0.1, 0.15) is 4.90 Å². The molecular weight excluding hydrogens is 296 g/mol. The van der Waals surface area contributed by atoms with Crippen LogP contribution in [0.5, 0.6) is 0 Å². The number of nitrogens with zero attached hydrogens (tertiary/aromatic N) is 3. The minimum Gasteiger partial charge on any atom is -0.481 e. The van der Waals surface area contributed by atoms with Gasteiger partial charge in [-0.15, -0.1) is 0 Å². The number of aromatic nitrogens is 2. The van der Waals surface area contributed by atoms with E-state index in [0.29, 0.717) is 6.54 Å². The van der Waals surface area contributed by atoms with Crippen LogP contribution < -0.4 is 4.72 Å². The maximum Gasteiger partial charge on any atom is 0.305 e. The molecule has 0 amide bonds. The van der Waals surface area contributed by atoms with Gasteiger partial charge in [-0.3, -0.25) is 9.48 Å². The molecular formula is C12H20N4O4S. The van der Waals surface area contributed by atoms with E-state index in [1.807, 2.05) is 7.05 Å². The minimum atomic E-state index is -3.60. The Hall–Kier alpha value is -1.45. The summed E-state index contributed by atoms with van der Waals surface area (Å²) in [6, 6.07) is 0.224. The summed E-state index contributed by atoms with van der Waals surface area (Å²) < 4.78 is 28.2. The summed E-state index contributed by atoms with van der Waals surface area (Å²) in [5.74, 6) is -0.947. The average Bonchev–Trinajstić information content (AvgIpc) is 3.03. The second-order valence-corrected chi connectivity index (χ2v) is 6.98. The van der Waals surface area contributed by atoms with Crippen molar-refractivity contribution in [3.63, 3.8) is 0 Å². The molecule has 0 bridgehead atoms. The fourth-order valence-corrected chi connectivity index (χ4v) is 3.37. The molecule has 1 aliphatic heterocycles. The van der Waals surface area contributed by atoms with Crippen molar-refractivity contribution >= 4 is 16.0 Å². The van der Waals surface area contributed by atoms with Gasteiger partial charge in [-0.1, -0.05) is 0 Å². The first-order chi connectivity index (χ1) is 9.88. The number of aliphatic carboxylic acids is 1. The third kappa shape index (κ3) is 4.26. The van der Waals surface area contributed by atoms with Gasteiger partial charge in [0.05, 0.1) is 19.2 Å². The molecule has 9 heteroatoms. The van der Waals surface area contributed by atoms with Crippen LogP contribution in [0.2, 0.25) is 0 Å². The van der Waals surface area contributed by atoms with Gasteiger partial charge in [0.25, 0.3) is 0 Å². The lowest BCUT2D eigenvalue weighted by atomic mass is 10.2. The molecule has 0 radical (unpaired) electrons. The van der Waals surface area contributed by atoms with E-state index in [1.54, 1.807) is 0 Å². The highest BCUT2D eigenvalue weighted by Crippen LogP contribution is 2.15. The molecule has 1 aromatic rings. The monoisotopic (exact) mass is 316 g/mol. The fourth-order valence-electron chi connectivity index (χ4n) is 2.34. The molecule has 0 spiro atoms. The second-order valence-electron chi connectivity index (χ2n) is 5.21. The molecule has 2 heterocycles. The number of likely N-dealkylation sites (N-methyl/N-ethyl adjacent to an activating group) is 1. The van der Waals surface area contributed by atoms with Crippen molar-refractivity contribution in [1.82, 2.24) is 19.4 Å². The zero-order valence-corrected chi connectivity index (χ0v) is 12.7. The highest BCUT2D eigenvalue weighted by atomic mass is 32.2. The summed E-state index contributed by atoms with van der Waals surface area (Å²) in [5, 5.41) is 12.5. The SMILES string of the molecule is CN1CCCC1CNS(=O)(=O)c1cnn(CCC(=O)O)c1. The Labute approximate surface area is 123 Å². The highest BCUT2D eigenvalue weighted by Gasteiger charge is 2.24. The molecule has 0 aromatic carbocycles. The molecule has 1 fully saturated rings. The zero-order chi connectivity index (χ0) is 15.5. The van der Waals surface area contributed by atoms with Crippen LogP contribution in [0.1, 0.15) is 19.3 Å². The van der Waals surface area contributed by atoms with Gasteiger partial charge in [0.15, 0.2) is 0 Å². The summed E-state index contributed by atoms with van der Waals surface area (Å²) >= 11 is 0. The van der Waals surface area contributed by atoms with Crippen molar-refractivity contribution in [3.05, 3.63) is 12.4 Å². The average molecular weight is 316 g/mol. The van der Waals surface area contributed by atoms with Gasteiger partial charge in [0.2, 0.25) is 10.0 Å². The molecule has 0 aliphatic carbocycles. The quantitative estimate of drug-likeness (QED) is 0.717. The van der Waals surface area contributed by atoms with Crippen LogP contribution in [0.4, 0.5) is 0 Å². The first-order valence-electron chi connectivity index (χ1n) is 6.82. The van der Waals surface area contributed by atoms with Crippen molar-refractivity contribution in [3.8, 4) is 0 Å². The number of hydrogen-bond donors (Lipinski definition) is 2. The first kappa shape index (κ1) is 15.9. The first-order valence-corrected chi connectivity index (χ1v) is 8.31. The summed E-state index contributed by atoms with van der Waals surface area (Å²) in [5.41, 5.74) is 0. The number of likely N-dealkylation sites (tertiary alicyclic amines) is 1. The number of aryl methyl sites for hydroxylation is 1. The number of sulfonamides is 1. The zero-order valence-electron chi connectivity index (χ0n) is 11.9. The normalized spacial score (nSPS) is 20.0. The van der Waals surface area contributed by atoms with E-state index < -0.39 is 16.0 Å². The lowest BCUT2D eigenvalue weighted by molar-refractivity contribution is -0.137. The van der Waals surface area contributed by atoms with Crippen molar-refractivity contribution in [2.24, 2.45) is 0 Å². The standard InChI is InChI=1S/C12H20N4O4S/c1-15-5-2-3-10(15)7-14-21(19,20)11-8-13-16(9-11)6-4-12(17)18/h8-10,14H,2-7H2,1H3,(H,17,18). The molecule has 1 saturated heterocycles. The van der Waals surface area contributed by atoms with Crippen LogP contribution in [-0.2, 0) is 21.4 Å². The summed E-state index contributed by atoms with van der Waals surface area (Å²) in [4.78, 5) is 12.7. The molecule has 0 saturated carbocycles. The van der Waals surface area contributed by atoms with Crippen molar-refractivity contribution in [1.29, 1.82) is 0 Å². The van der Waals surface area contributed by atoms with Crippen molar-refractivity contribution in [2.75, 3.05) is 20.1 Å². The van der Waals surface area contributed by atoms with E-state index in [2.05, 4.69) is 14.7 Å². The maximum atomic E-state index is 12.1. The molecule has 1 atom stereocenters. The third-order valence-corrected chi connectivity index (χ3v) is 5.03. The Kier molecular flexibility index (Phi) is 4.96. The number of hydrogen-bond acceptors (Lipinski definition) is 5. The van der Waals surface area contributed by atoms with E-state index in [1.165, 1.54) is 17.1 Å². The van der Waals surface area contributed by atoms with E-state index >= 15 is 0 Å². The summed E-state index contributed by atoms with van der Waals surface area (Å²) in [7, 11) is -1.61. The van der Waals surface area contributed by atoms with Crippen LogP contribution in [0.25, 0.3) is 0 Å². The Morgan fingerprint density at radius 3 is 2.95 bits per heavy atom. The van der Waals surface area contributed by atoms with Gasteiger partial charge in [-0.05, 0) is 26.4 Å². The number of carboxylic acid groups (broad SMARTS) is 1. The molecule has 2 rings (SSSR count). The fraction of sp³-hybridized carbons (Fsp3) is 0.667. The highest BCUT2D eigenvalue weighted by molar-refractivity contribution is 7.89. The van der Waals surface area contributed by atoms with Gasteiger partial charge < -0.3 is 10.0 Å². The number of nitrogens with one attached hydrogen (secondary N) is 1. The molecule has 1 aromatic heterocycles. The number of carboxylic acids is 1. The summed E-state index contributed by atoms with van der Waals surface area (Å²) in [6.45, 7) is 1.51. The second kappa shape index (κ2) is 6.54.